The second kappa shape index (κ2) is 12.2. The Morgan fingerprint density at radius 1 is 1.13 bits per heavy atom. The van der Waals surface area contributed by atoms with E-state index in [2.05, 4.69) is 12.2 Å². The van der Waals surface area contributed by atoms with Crippen LogP contribution in [0, 0.1) is 11.3 Å². The highest BCUT2D eigenvalue weighted by Crippen LogP contribution is 2.05. The highest BCUT2D eigenvalue weighted by Gasteiger charge is 2.06. The number of allylic oxidation sites excluding steroid dienone is 2. The molecule has 0 aromatic heterocycles. The van der Waals surface area contributed by atoms with Gasteiger partial charge in [-0.3, -0.25) is 4.79 Å². The van der Waals surface area contributed by atoms with E-state index in [4.69, 9.17) is 5.26 Å². The lowest BCUT2D eigenvalue weighted by Gasteiger charge is -2.03. The molecule has 0 atom stereocenters. The predicted octanol–water partition coefficient (Wildman–Crippen LogP) is 4.63. The lowest BCUT2D eigenvalue weighted by atomic mass is 10.1. The van der Waals surface area contributed by atoms with Gasteiger partial charge < -0.3 is 5.32 Å². The molecule has 3 heteroatoms. The second-order valence-electron chi connectivity index (χ2n) is 5.49. The van der Waals surface area contributed by atoms with Gasteiger partial charge in [-0.15, -0.1) is 0 Å². The van der Waals surface area contributed by atoms with Gasteiger partial charge in [0.15, 0.2) is 0 Å². The number of hydrogen-bond donors (Lipinski definition) is 1. The Balaban J connectivity index is 2.33. The topological polar surface area (TPSA) is 52.9 Å². The summed E-state index contributed by atoms with van der Waals surface area (Å²) in [5.41, 5.74) is 1.18. The molecular weight excluding hydrogens is 284 g/mol. The first-order valence-electron chi connectivity index (χ1n) is 8.39. The van der Waals surface area contributed by atoms with E-state index < -0.39 is 0 Å². The summed E-state index contributed by atoms with van der Waals surface area (Å²) in [4.78, 5) is 11.9. The summed E-state index contributed by atoms with van der Waals surface area (Å²) in [6, 6.07) is 11.7. The molecular formula is C20H26N2O. The van der Waals surface area contributed by atoms with Crippen molar-refractivity contribution in [1.82, 2.24) is 5.32 Å². The van der Waals surface area contributed by atoms with Crippen LogP contribution in [-0.4, -0.2) is 12.5 Å². The van der Waals surface area contributed by atoms with Crippen LogP contribution < -0.4 is 5.32 Å². The van der Waals surface area contributed by atoms with Crippen LogP contribution in [0.2, 0.25) is 0 Å². The van der Waals surface area contributed by atoms with E-state index in [1.54, 1.807) is 12.2 Å². The molecule has 1 N–H and O–H groups in total. The summed E-state index contributed by atoms with van der Waals surface area (Å²) >= 11 is 0. The highest BCUT2D eigenvalue weighted by molar-refractivity contribution is 5.97. The third kappa shape index (κ3) is 8.63. The molecule has 0 bridgehead atoms. The summed E-state index contributed by atoms with van der Waals surface area (Å²) in [5.74, 6) is -0.293. The fraction of sp³-hybridized carbons (Fsp3) is 0.400. The van der Waals surface area contributed by atoms with E-state index in [0.29, 0.717) is 6.54 Å². The van der Waals surface area contributed by atoms with Crippen molar-refractivity contribution in [3.63, 3.8) is 0 Å². The summed E-state index contributed by atoms with van der Waals surface area (Å²) in [5, 5.41) is 11.9. The Bertz CT molecular complexity index is 553. The SMILES string of the molecule is CCCCCCCCNC(=O)/C(C#N)=C/C=C/c1ccccc1. The number of carbonyl (C=O) groups is 1. The average Bonchev–Trinajstić information content (AvgIpc) is 2.58. The molecule has 122 valence electrons. The molecule has 23 heavy (non-hydrogen) atoms. The van der Waals surface area contributed by atoms with Gasteiger partial charge in [-0.05, 0) is 18.1 Å². The fourth-order valence-electron chi connectivity index (χ4n) is 2.19. The minimum absolute atomic E-state index is 0.142. The number of unbranched alkanes of at least 4 members (excludes halogenated alkanes) is 5. The molecule has 0 unspecified atom stereocenters. The molecule has 0 aliphatic carbocycles. The third-order valence-corrected chi connectivity index (χ3v) is 3.53. The number of hydrogen-bond acceptors (Lipinski definition) is 2. The summed E-state index contributed by atoms with van der Waals surface area (Å²) in [7, 11) is 0. The molecule has 0 heterocycles. The normalized spacial score (nSPS) is 11.4. The molecule has 0 fully saturated rings. The van der Waals surface area contributed by atoms with Crippen LogP contribution in [0.25, 0.3) is 6.08 Å². The van der Waals surface area contributed by atoms with Gasteiger partial charge in [0.05, 0.1) is 0 Å². The van der Waals surface area contributed by atoms with Gasteiger partial charge in [0.1, 0.15) is 11.6 Å². The van der Waals surface area contributed by atoms with Crippen LogP contribution in [0.5, 0.6) is 0 Å². The van der Waals surface area contributed by atoms with Crippen molar-refractivity contribution < 1.29 is 4.79 Å². The smallest absolute Gasteiger partial charge is 0.261 e. The van der Waals surface area contributed by atoms with Gasteiger partial charge >= 0.3 is 0 Å². The Labute approximate surface area is 139 Å². The van der Waals surface area contributed by atoms with Crippen LogP contribution in [-0.2, 0) is 4.79 Å². The Kier molecular flexibility index (Phi) is 9.95. The number of amides is 1. The van der Waals surface area contributed by atoms with Crippen molar-refractivity contribution in [3.05, 3.63) is 53.6 Å². The van der Waals surface area contributed by atoms with Gasteiger partial charge in [0.25, 0.3) is 5.91 Å². The van der Waals surface area contributed by atoms with Gasteiger partial charge in [0, 0.05) is 6.54 Å². The maximum absolute atomic E-state index is 11.9. The van der Waals surface area contributed by atoms with E-state index in [-0.39, 0.29) is 11.5 Å². The molecule has 0 radical (unpaired) electrons. The zero-order chi connectivity index (χ0) is 16.8. The molecule has 3 nitrogen and oxygen atoms in total. The molecule has 0 spiro atoms. The van der Waals surface area contributed by atoms with Gasteiger partial charge in [-0.2, -0.15) is 5.26 Å². The summed E-state index contributed by atoms with van der Waals surface area (Å²) in [6.45, 7) is 2.83. The minimum Gasteiger partial charge on any atom is -0.351 e. The van der Waals surface area contributed by atoms with Gasteiger partial charge in [-0.1, -0.05) is 81.5 Å². The van der Waals surface area contributed by atoms with Crippen molar-refractivity contribution in [1.29, 1.82) is 5.26 Å². The van der Waals surface area contributed by atoms with Gasteiger partial charge in [0.2, 0.25) is 0 Å². The first-order valence-corrected chi connectivity index (χ1v) is 8.39. The van der Waals surface area contributed by atoms with E-state index in [9.17, 15) is 4.79 Å². The zero-order valence-electron chi connectivity index (χ0n) is 13.9. The maximum atomic E-state index is 11.9. The Morgan fingerprint density at radius 3 is 2.52 bits per heavy atom. The number of nitriles is 1. The van der Waals surface area contributed by atoms with Crippen LogP contribution in [0.1, 0.15) is 51.0 Å². The fourth-order valence-corrected chi connectivity index (χ4v) is 2.19. The average molecular weight is 310 g/mol. The lowest BCUT2D eigenvalue weighted by molar-refractivity contribution is -0.117. The van der Waals surface area contributed by atoms with Crippen molar-refractivity contribution in [2.75, 3.05) is 6.54 Å². The maximum Gasteiger partial charge on any atom is 0.261 e. The van der Waals surface area contributed by atoms with Crippen LogP contribution in [0.3, 0.4) is 0 Å². The number of rotatable bonds is 10. The molecule has 1 amide bonds. The molecule has 0 aliphatic heterocycles. The molecule has 1 aromatic rings. The molecule has 0 saturated heterocycles. The van der Waals surface area contributed by atoms with Crippen LogP contribution >= 0.6 is 0 Å². The van der Waals surface area contributed by atoms with E-state index >= 15 is 0 Å². The lowest BCUT2D eigenvalue weighted by Crippen LogP contribution is -2.25. The van der Waals surface area contributed by atoms with Crippen LogP contribution in [0.15, 0.2) is 48.1 Å². The standard InChI is InChI=1S/C20H26N2O/c1-2-3-4-5-6-10-16-22-20(23)19(17-21)15-11-14-18-12-8-7-9-13-18/h7-9,11-15H,2-6,10,16H2,1H3,(H,22,23)/b14-11+,19-15+. The van der Waals surface area contributed by atoms with E-state index in [0.717, 1.165) is 18.4 Å². The van der Waals surface area contributed by atoms with Crippen LogP contribution in [0.4, 0.5) is 0 Å². The quantitative estimate of drug-likeness (QED) is 0.296. The summed E-state index contributed by atoms with van der Waals surface area (Å²) < 4.78 is 0. The van der Waals surface area contributed by atoms with Crippen molar-refractivity contribution >= 4 is 12.0 Å². The number of benzene rings is 1. The third-order valence-electron chi connectivity index (χ3n) is 3.53. The molecule has 1 aromatic carbocycles. The monoisotopic (exact) mass is 310 g/mol. The molecule has 1 rings (SSSR count). The first kappa shape index (κ1) is 18.7. The van der Waals surface area contributed by atoms with E-state index in [1.807, 2.05) is 42.5 Å². The van der Waals surface area contributed by atoms with Crippen molar-refractivity contribution in [2.45, 2.75) is 45.4 Å². The Hall–Kier alpha value is -2.34. The molecule has 0 aliphatic rings. The van der Waals surface area contributed by atoms with E-state index in [1.165, 1.54) is 25.7 Å². The summed E-state index contributed by atoms with van der Waals surface area (Å²) in [6.07, 6.45) is 12.3. The number of nitrogens with one attached hydrogen (secondary N) is 1. The highest BCUT2D eigenvalue weighted by atomic mass is 16.1. The first-order chi connectivity index (χ1) is 11.3. The number of carbonyl (C=O) groups excluding carboxylic acids is 1. The Morgan fingerprint density at radius 2 is 1.83 bits per heavy atom. The van der Waals surface area contributed by atoms with Crippen molar-refractivity contribution in [3.8, 4) is 6.07 Å². The molecule has 0 saturated carbocycles. The minimum atomic E-state index is -0.293. The van der Waals surface area contributed by atoms with Gasteiger partial charge in [-0.25, -0.2) is 0 Å². The predicted molar refractivity (Wildman–Crippen MR) is 95.6 cm³/mol. The zero-order valence-corrected chi connectivity index (χ0v) is 13.9. The van der Waals surface area contributed by atoms with Crippen molar-refractivity contribution in [2.24, 2.45) is 0 Å². The number of nitrogens with zero attached hydrogens (tertiary/aromatic N) is 1. The largest absolute Gasteiger partial charge is 0.351 e. The second-order valence-corrected chi connectivity index (χ2v) is 5.49.